The fourth-order valence-corrected chi connectivity index (χ4v) is 5.08. The Labute approximate surface area is 196 Å². The number of benzene rings is 2. The fraction of sp³-hybridized carbons (Fsp3) is 0.360. The van der Waals surface area contributed by atoms with Crippen molar-refractivity contribution < 1.29 is 23.9 Å². The van der Waals surface area contributed by atoms with Crippen molar-refractivity contribution in [2.75, 3.05) is 13.1 Å². The van der Waals surface area contributed by atoms with Crippen molar-refractivity contribution in [1.82, 2.24) is 9.80 Å². The van der Waals surface area contributed by atoms with E-state index >= 15 is 0 Å². The van der Waals surface area contributed by atoms with E-state index in [1.54, 1.807) is 49.1 Å². The Kier molecular flexibility index (Phi) is 5.05. The summed E-state index contributed by atoms with van der Waals surface area (Å²) in [6, 6.07) is 9.47. The summed E-state index contributed by atoms with van der Waals surface area (Å²) in [4.78, 5) is 54.0. The molecule has 170 valence electrons. The summed E-state index contributed by atoms with van der Waals surface area (Å²) in [6.07, 6.45) is 1.30. The summed E-state index contributed by atoms with van der Waals surface area (Å²) in [5.41, 5.74) is 0.837. The maximum Gasteiger partial charge on any atom is 0.261 e. The highest BCUT2D eigenvalue weighted by atomic mass is 35.5. The topological polar surface area (TPSA) is 84.0 Å². The summed E-state index contributed by atoms with van der Waals surface area (Å²) in [5.74, 6) is -0.373. The van der Waals surface area contributed by atoms with E-state index in [0.717, 1.165) is 0 Å². The number of halogens is 1. The van der Waals surface area contributed by atoms with Crippen LogP contribution in [0.25, 0.3) is 0 Å². The molecule has 2 aromatic carbocycles. The number of carbonyl (C=O) groups is 4. The molecule has 0 atom stereocenters. The number of ether oxygens (including phenoxy) is 1. The molecule has 3 heterocycles. The molecular formula is C25H23ClN2O5. The lowest BCUT2D eigenvalue weighted by Gasteiger charge is -2.44. The number of imide groups is 1. The Hall–Kier alpha value is -3.19. The van der Waals surface area contributed by atoms with E-state index in [1.165, 1.54) is 11.0 Å². The number of likely N-dealkylation sites (tertiary alicyclic amines) is 1. The summed E-state index contributed by atoms with van der Waals surface area (Å²) >= 11 is 6.01. The number of ketones is 1. The molecule has 0 unspecified atom stereocenters. The molecule has 1 fully saturated rings. The van der Waals surface area contributed by atoms with E-state index in [9.17, 15) is 19.2 Å². The van der Waals surface area contributed by atoms with Gasteiger partial charge in [-0.3, -0.25) is 24.1 Å². The maximum atomic E-state index is 13.2. The van der Waals surface area contributed by atoms with Gasteiger partial charge in [-0.25, -0.2) is 0 Å². The van der Waals surface area contributed by atoms with Crippen LogP contribution >= 0.6 is 11.6 Å². The third kappa shape index (κ3) is 3.51. The Morgan fingerprint density at radius 2 is 1.67 bits per heavy atom. The van der Waals surface area contributed by atoms with Crippen LogP contribution in [0.5, 0.6) is 5.75 Å². The monoisotopic (exact) mass is 466 g/mol. The molecule has 3 amide bonds. The van der Waals surface area contributed by atoms with Crippen LogP contribution in [0, 0.1) is 0 Å². The normalized spacial score (nSPS) is 19.1. The second-order valence-electron chi connectivity index (χ2n) is 9.15. The number of Topliss-reactive ketones (excluding diaryl/α,β-unsaturated/α-hetero) is 1. The Morgan fingerprint density at radius 3 is 2.36 bits per heavy atom. The van der Waals surface area contributed by atoms with Gasteiger partial charge >= 0.3 is 0 Å². The van der Waals surface area contributed by atoms with Gasteiger partial charge < -0.3 is 9.64 Å². The van der Waals surface area contributed by atoms with Gasteiger partial charge in [-0.15, -0.1) is 0 Å². The quantitative estimate of drug-likeness (QED) is 0.625. The van der Waals surface area contributed by atoms with Crippen molar-refractivity contribution in [2.24, 2.45) is 0 Å². The lowest BCUT2D eigenvalue weighted by atomic mass is 9.82. The lowest BCUT2D eigenvalue weighted by molar-refractivity contribution is -0.00572. The van der Waals surface area contributed by atoms with Crippen molar-refractivity contribution in [3.63, 3.8) is 0 Å². The molecule has 0 saturated carbocycles. The van der Waals surface area contributed by atoms with Crippen LogP contribution < -0.4 is 4.74 Å². The van der Waals surface area contributed by atoms with Crippen molar-refractivity contribution >= 4 is 35.1 Å². The van der Waals surface area contributed by atoms with Gasteiger partial charge in [0.05, 0.1) is 23.1 Å². The van der Waals surface area contributed by atoms with Crippen molar-refractivity contribution in [2.45, 2.75) is 44.8 Å². The van der Waals surface area contributed by atoms with Gasteiger partial charge in [0.1, 0.15) is 11.4 Å². The van der Waals surface area contributed by atoms with Crippen LogP contribution in [0.3, 0.4) is 0 Å². The average Bonchev–Trinajstić information content (AvgIpc) is 3.04. The molecule has 0 aromatic heterocycles. The average molecular weight is 467 g/mol. The number of nitrogens with zero attached hydrogens (tertiary/aromatic N) is 2. The lowest BCUT2D eigenvalue weighted by Crippen LogP contribution is -2.52. The van der Waals surface area contributed by atoms with Crippen molar-refractivity contribution in [3.05, 3.63) is 63.7 Å². The smallest absolute Gasteiger partial charge is 0.261 e. The van der Waals surface area contributed by atoms with Crippen LogP contribution in [0.15, 0.2) is 36.4 Å². The highest BCUT2D eigenvalue weighted by Crippen LogP contribution is 2.40. The minimum absolute atomic E-state index is 0.00460. The van der Waals surface area contributed by atoms with E-state index in [1.807, 2.05) is 0 Å². The summed E-state index contributed by atoms with van der Waals surface area (Å²) in [6.45, 7) is 4.42. The van der Waals surface area contributed by atoms with E-state index < -0.39 is 5.60 Å². The molecular weight excluding hydrogens is 444 g/mol. The minimum atomic E-state index is -0.632. The molecule has 3 aliphatic rings. The van der Waals surface area contributed by atoms with Gasteiger partial charge in [0.15, 0.2) is 5.78 Å². The van der Waals surface area contributed by atoms with Crippen LogP contribution in [0.2, 0.25) is 5.02 Å². The number of amides is 3. The van der Waals surface area contributed by atoms with Crippen molar-refractivity contribution in [1.29, 1.82) is 0 Å². The van der Waals surface area contributed by atoms with E-state index in [-0.39, 0.29) is 41.5 Å². The Bertz CT molecular complexity index is 1210. The number of rotatable bonds is 2. The Morgan fingerprint density at radius 1 is 0.970 bits per heavy atom. The SMILES string of the molecule is CC(C)N1C(=O)c2ccc(C(=O)N3CCC4(CC3)CC(=O)c3cc(Cl)ccc3O4)cc2C1=O. The van der Waals surface area contributed by atoms with Crippen LogP contribution in [0.4, 0.5) is 0 Å². The zero-order valence-corrected chi connectivity index (χ0v) is 19.1. The number of fused-ring (bicyclic) bond motifs is 2. The van der Waals surface area contributed by atoms with Gasteiger partial charge in [0, 0.05) is 42.6 Å². The standard InChI is InChI=1S/C25H23ClN2O5/c1-14(2)28-23(31)17-5-3-15(11-18(17)24(28)32)22(30)27-9-7-25(8-10-27)13-20(29)19-12-16(26)4-6-21(19)33-25/h3-6,11-12,14H,7-10,13H2,1-2H3. The molecule has 8 heteroatoms. The van der Waals surface area contributed by atoms with Crippen LogP contribution in [0.1, 0.15) is 74.5 Å². The fourth-order valence-electron chi connectivity index (χ4n) is 4.91. The van der Waals surface area contributed by atoms with E-state index in [0.29, 0.717) is 53.4 Å². The van der Waals surface area contributed by atoms with Crippen LogP contribution in [-0.4, -0.2) is 58.0 Å². The first-order valence-electron chi connectivity index (χ1n) is 11.0. The van der Waals surface area contributed by atoms with Gasteiger partial charge in [0.2, 0.25) is 0 Å². The predicted molar refractivity (Wildman–Crippen MR) is 121 cm³/mol. The highest BCUT2D eigenvalue weighted by molar-refractivity contribution is 6.31. The Balaban J connectivity index is 1.31. The third-order valence-electron chi connectivity index (χ3n) is 6.69. The molecule has 0 radical (unpaired) electrons. The van der Waals surface area contributed by atoms with E-state index in [4.69, 9.17) is 16.3 Å². The third-order valence-corrected chi connectivity index (χ3v) is 6.93. The molecule has 0 N–H and O–H groups in total. The summed E-state index contributed by atoms with van der Waals surface area (Å²) < 4.78 is 6.24. The molecule has 3 aliphatic heterocycles. The number of carbonyl (C=O) groups excluding carboxylic acids is 4. The molecule has 0 aliphatic carbocycles. The number of hydrogen-bond donors (Lipinski definition) is 0. The summed E-state index contributed by atoms with van der Waals surface area (Å²) in [5, 5.41) is 0.494. The summed E-state index contributed by atoms with van der Waals surface area (Å²) in [7, 11) is 0. The molecule has 5 rings (SSSR count). The van der Waals surface area contributed by atoms with Gasteiger partial charge in [-0.1, -0.05) is 11.6 Å². The first kappa shape index (κ1) is 21.6. The molecule has 7 nitrogen and oxygen atoms in total. The molecule has 33 heavy (non-hydrogen) atoms. The number of hydrogen-bond acceptors (Lipinski definition) is 5. The molecule has 1 spiro atoms. The van der Waals surface area contributed by atoms with Gasteiger partial charge in [-0.2, -0.15) is 0 Å². The second-order valence-corrected chi connectivity index (χ2v) is 9.59. The molecule has 0 bridgehead atoms. The molecule has 2 aromatic rings. The largest absolute Gasteiger partial charge is 0.486 e. The number of piperidine rings is 1. The minimum Gasteiger partial charge on any atom is -0.486 e. The van der Waals surface area contributed by atoms with E-state index in [2.05, 4.69) is 0 Å². The van der Waals surface area contributed by atoms with Crippen LogP contribution in [-0.2, 0) is 0 Å². The second kappa shape index (κ2) is 7.70. The van der Waals surface area contributed by atoms with Gasteiger partial charge in [0.25, 0.3) is 17.7 Å². The predicted octanol–water partition coefficient (Wildman–Crippen LogP) is 3.98. The highest BCUT2D eigenvalue weighted by Gasteiger charge is 2.44. The first-order chi connectivity index (χ1) is 15.7. The zero-order chi connectivity index (χ0) is 23.5. The van der Waals surface area contributed by atoms with Gasteiger partial charge in [-0.05, 0) is 50.2 Å². The maximum absolute atomic E-state index is 13.2. The van der Waals surface area contributed by atoms with Crippen molar-refractivity contribution in [3.8, 4) is 5.75 Å². The first-order valence-corrected chi connectivity index (χ1v) is 11.4. The zero-order valence-electron chi connectivity index (χ0n) is 18.4. The molecule has 1 saturated heterocycles.